The minimum absolute atomic E-state index is 0.147. The number of amides is 1. The first kappa shape index (κ1) is 25.4. The number of rotatable bonds is 10. The van der Waals surface area contributed by atoms with Crippen LogP contribution >= 0.6 is 0 Å². The number of phenolic OH excluding ortho intramolecular Hbond substituents is 1. The van der Waals surface area contributed by atoms with Crippen molar-refractivity contribution in [3.05, 3.63) is 82.4 Å². The largest absolute Gasteiger partial charge is 0.507 e. The maximum absolute atomic E-state index is 13.7. The average Bonchev–Trinajstić information content (AvgIpc) is 3.64. The van der Waals surface area contributed by atoms with E-state index in [1.54, 1.807) is 24.3 Å². The topological polar surface area (TPSA) is 101 Å². The average molecular weight is 516 g/mol. The van der Waals surface area contributed by atoms with E-state index in [-0.39, 0.29) is 18.2 Å². The third-order valence-corrected chi connectivity index (χ3v) is 6.98. The molecule has 38 heavy (non-hydrogen) atoms. The van der Waals surface area contributed by atoms with E-state index in [4.69, 9.17) is 13.9 Å². The summed E-state index contributed by atoms with van der Waals surface area (Å²) in [5.41, 5.74) is 4.81. The molecule has 1 aliphatic heterocycles. The quantitative estimate of drug-likeness (QED) is 0.240. The standard InChI is InChI=1S/C30H33N3O5/c1-5-6-7-12-38-23-11-10-20(16-24(23)36-4)28-25-26(22-15-18(2)14-19(3)29(22)34)31-32-27(25)30(35)33(28)17-21-9-8-13-37-21/h8-11,13-16,28,34H,5-7,12,17H2,1-4H3,(H,31,32). The summed E-state index contributed by atoms with van der Waals surface area (Å²) >= 11 is 0. The lowest BCUT2D eigenvalue weighted by Gasteiger charge is -2.26. The first-order chi connectivity index (χ1) is 18.4. The van der Waals surface area contributed by atoms with E-state index < -0.39 is 6.04 Å². The molecule has 5 rings (SSSR count). The third-order valence-electron chi connectivity index (χ3n) is 6.98. The van der Waals surface area contributed by atoms with Gasteiger partial charge < -0.3 is 23.9 Å². The molecule has 0 radical (unpaired) electrons. The van der Waals surface area contributed by atoms with Crippen LogP contribution in [0.25, 0.3) is 11.3 Å². The summed E-state index contributed by atoms with van der Waals surface area (Å²) in [4.78, 5) is 15.4. The molecule has 8 nitrogen and oxygen atoms in total. The number of ether oxygens (including phenoxy) is 2. The SMILES string of the molecule is CCCCCOc1ccc(C2c3c(-c4cc(C)cc(C)c4O)n[nH]c3C(=O)N2Cc2ccco2)cc1OC. The maximum atomic E-state index is 13.7. The van der Waals surface area contributed by atoms with E-state index in [9.17, 15) is 9.90 Å². The molecule has 0 bridgehead atoms. The summed E-state index contributed by atoms with van der Waals surface area (Å²) in [5.74, 6) is 1.88. The number of phenols is 1. The number of aromatic nitrogens is 2. The second-order valence-corrected chi connectivity index (χ2v) is 9.72. The normalized spacial score (nSPS) is 14.7. The molecule has 8 heteroatoms. The minimum atomic E-state index is -0.486. The number of furan rings is 1. The van der Waals surface area contributed by atoms with Crippen molar-refractivity contribution >= 4 is 5.91 Å². The highest BCUT2D eigenvalue weighted by Gasteiger charge is 2.43. The number of unbranched alkanes of at least 4 members (excludes halogenated alkanes) is 2. The molecule has 1 unspecified atom stereocenters. The van der Waals surface area contributed by atoms with Crippen LogP contribution in [-0.4, -0.2) is 39.8 Å². The van der Waals surface area contributed by atoms with Crippen molar-refractivity contribution in [2.45, 2.75) is 52.6 Å². The summed E-state index contributed by atoms with van der Waals surface area (Å²) in [6, 6.07) is 12.7. The maximum Gasteiger partial charge on any atom is 0.273 e. The number of aromatic hydroxyl groups is 1. The Morgan fingerprint density at radius 2 is 1.97 bits per heavy atom. The van der Waals surface area contributed by atoms with Crippen LogP contribution in [0.1, 0.15) is 70.7 Å². The van der Waals surface area contributed by atoms with Crippen molar-refractivity contribution in [1.82, 2.24) is 15.1 Å². The summed E-state index contributed by atoms with van der Waals surface area (Å²) < 4.78 is 17.3. The first-order valence-electron chi connectivity index (χ1n) is 13.0. The van der Waals surface area contributed by atoms with Crippen molar-refractivity contribution in [3.8, 4) is 28.5 Å². The smallest absolute Gasteiger partial charge is 0.273 e. The van der Waals surface area contributed by atoms with Gasteiger partial charge in [-0.05, 0) is 67.3 Å². The van der Waals surface area contributed by atoms with Gasteiger partial charge in [-0.1, -0.05) is 31.9 Å². The van der Waals surface area contributed by atoms with Gasteiger partial charge in [0, 0.05) is 11.1 Å². The van der Waals surface area contributed by atoms with E-state index >= 15 is 0 Å². The van der Waals surface area contributed by atoms with E-state index in [1.807, 2.05) is 50.2 Å². The van der Waals surface area contributed by atoms with Crippen molar-refractivity contribution in [2.24, 2.45) is 0 Å². The highest BCUT2D eigenvalue weighted by molar-refractivity contribution is 6.00. The monoisotopic (exact) mass is 515 g/mol. The number of aromatic amines is 1. The van der Waals surface area contributed by atoms with Crippen molar-refractivity contribution in [2.75, 3.05) is 13.7 Å². The van der Waals surface area contributed by atoms with Gasteiger partial charge in [-0.25, -0.2) is 0 Å². The Balaban J connectivity index is 1.61. The molecule has 1 aliphatic rings. The van der Waals surface area contributed by atoms with Crippen molar-refractivity contribution in [3.63, 3.8) is 0 Å². The van der Waals surface area contributed by atoms with Gasteiger partial charge >= 0.3 is 0 Å². The summed E-state index contributed by atoms with van der Waals surface area (Å²) in [5, 5.41) is 18.4. The van der Waals surface area contributed by atoms with Gasteiger partial charge in [0.2, 0.25) is 0 Å². The zero-order chi connectivity index (χ0) is 26.8. The van der Waals surface area contributed by atoms with E-state index in [0.29, 0.717) is 46.4 Å². The first-order valence-corrected chi connectivity index (χ1v) is 13.0. The fourth-order valence-corrected chi connectivity index (χ4v) is 5.13. The molecule has 1 amide bonds. The molecule has 198 valence electrons. The Labute approximate surface area is 222 Å². The number of methoxy groups -OCH3 is 1. The second-order valence-electron chi connectivity index (χ2n) is 9.72. The molecule has 2 N–H and O–H groups in total. The zero-order valence-corrected chi connectivity index (χ0v) is 22.2. The van der Waals surface area contributed by atoms with Crippen LogP contribution in [0.3, 0.4) is 0 Å². The highest BCUT2D eigenvalue weighted by Crippen LogP contribution is 2.47. The van der Waals surface area contributed by atoms with Gasteiger partial charge in [-0.15, -0.1) is 0 Å². The number of carbonyl (C=O) groups is 1. The number of nitrogens with one attached hydrogen (secondary N) is 1. The molecule has 2 aromatic heterocycles. The number of aryl methyl sites for hydroxylation is 2. The third kappa shape index (κ3) is 4.62. The van der Waals surface area contributed by atoms with Gasteiger partial charge in [-0.3, -0.25) is 9.89 Å². The Hall–Kier alpha value is -4.20. The molecule has 0 saturated heterocycles. The number of benzene rings is 2. The van der Waals surface area contributed by atoms with Crippen LogP contribution in [0.2, 0.25) is 0 Å². The second kappa shape index (κ2) is 10.7. The molecule has 0 spiro atoms. The molecule has 3 heterocycles. The van der Waals surface area contributed by atoms with Crippen LogP contribution in [0.4, 0.5) is 0 Å². The van der Waals surface area contributed by atoms with Crippen molar-refractivity contribution in [1.29, 1.82) is 0 Å². The lowest BCUT2D eigenvalue weighted by molar-refractivity contribution is 0.0716. The summed E-state index contributed by atoms with van der Waals surface area (Å²) in [6.45, 7) is 6.86. The molecule has 0 fully saturated rings. The fraction of sp³-hybridized carbons (Fsp3) is 0.333. The Kier molecular flexibility index (Phi) is 7.13. The summed E-state index contributed by atoms with van der Waals surface area (Å²) in [6.07, 6.45) is 4.78. The predicted molar refractivity (Wildman–Crippen MR) is 144 cm³/mol. The van der Waals surface area contributed by atoms with Gasteiger partial charge in [0.05, 0.1) is 32.6 Å². The van der Waals surface area contributed by atoms with Gasteiger partial charge in [0.25, 0.3) is 5.91 Å². The Morgan fingerprint density at radius 1 is 1.13 bits per heavy atom. The lowest BCUT2D eigenvalue weighted by Crippen LogP contribution is -2.29. The number of hydrogen-bond donors (Lipinski definition) is 2. The number of carbonyl (C=O) groups excluding carboxylic acids is 1. The van der Waals surface area contributed by atoms with E-state index in [1.165, 1.54) is 0 Å². The Bertz CT molecular complexity index is 1440. The highest BCUT2D eigenvalue weighted by atomic mass is 16.5. The van der Waals surface area contributed by atoms with Crippen LogP contribution in [0.5, 0.6) is 17.2 Å². The van der Waals surface area contributed by atoms with Crippen LogP contribution in [0.15, 0.2) is 53.1 Å². The molecule has 1 atom stereocenters. The molecule has 0 saturated carbocycles. The number of fused-ring (bicyclic) bond motifs is 1. The number of H-pyrrole nitrogens is 1. The van der Waals surface area contributed by atoms with Crippen LogP contribution < -0.4 is 9.47 Å². The lowest BCUT2D eigenvalue weighted by atomic mass is 9.94. The van der Waals surface area contributed by atoms with Gasteiger partial charge in [0.15, 0.2) is 11.5 Å². The van der Waals surface area contributed by atoms with Crippen LogP contribution in [0, 0.1) is 13.8 Å². The fourth-order valence-electron chi connectivity index (χ4n) is 5.13. The van der Waals surface area contributed by atoms with E-state index in [0.717, 1.165) is 36.0 Å². The molecular weight excluding hydrogens is 482 g/mol. The number of hydrogen-bond acceptors (Lipinski definition) is 6. The minimum Gasteiger partial charge on any atom is -0.507 e. The number of nitrogens with zero attached hydrogens (tertiary/aromatic N) is 2. The zero-order valence-electron chi connectivity index (χ0n) is 22.2. The molecule has 2 aromatic carbocycles. The molecular formula is C30H33N3O5. The van der Waals surface area contributed by atoms with Crippen molar-refractivity contribution < 1.29 is 23.8 Å². The molecule has 4 aromatic rings. The predicted octanol–water partition coefficient (Wildman–Crippen LogP) is 6.32. The van der Waals surface area contributed by atoms with E-state index in [2.05, 4.69) is 17.1 Å². The summed E-state index contributed by atoms with van der Waals surface area (Å²) in [7, 11) is 1.61. The molecule has 0 aliphatic carbocycles. The Morgan fingerprint density at radius 3 is 2.71 bits per heavy atom. The van der Waals surface area contributed by atoms with Gasteiger partial charge in [0.1, 0.15) is 22.9 Å². The van der Waals surface area contributed by atoms with Gasteiger partial charge in [-0.2, -0.15) is 5.10 Å². The van der Waals surface area contributed by atoms with Crippen LogP contribution in [-0.2, 0) is 6.54 Å².